The molecular weight excluding hydrogens is 752 g/mol. The van der Waals surface area contributed by atoms with Crippen LogP contribution in [0.5, 0.6) is 0 Å². The minimum atomic E-state index is 0.483. The molecular formula is C51H29ClN4OS. The summed E-state index contributed by atoms with van der Waals surface area (Å²) in [5.41, 5.74) is 12.6. The normalized spacial score (nSPS) is 12.2. The molecule has 0 amide bonds. The molecule has 0 fully saturated rings. The van der Waals surface area contributed by atoms with Crippen LogP contribution >= 0.6 is 22.9 Å². The van der Waals surface area contributed by atoms with E-state index in [1.807, 2.05) is 36.4 Å². The molecule has 12 rings (SSSR count). The molecule has 0 bridgehead atoms. The fourth-order valence-corrected chi connectivity index (χ4v) is 10.1. The summed E-state index contributed by atoms with van der Waals surface area (Å²) in [4.78, 5) is 4.42. The van der Waals surface area contributed by atoms with Crippen LogP contribution in [0.2, 0.25) is 5.02 Å². The number of nitrogens with zero attached hydrogens (tertiary/aromatic N) is 4. The van der Waals surface area contributed by atoms with E-state index in [1.54, 1.807) is 11.3 Å². The number of benzene rings is 8. The number of hydrogen-bond acceptors (Lipinski definition) is 5. The van der Waals surface area contributed by atoms with E-state index in [-0.39, 0.29) is 0 Å². The van der Waals surface area contributed by atoms with Gasteiger partial charge >= 0.3 is 0 Å². The number of para-hydroxylation sites is 6. The van der Waals surface area contributed by atoms with Gasteiger partial charge in [0.25, 0.3) is 0 Å². The number of hydrogen-bond donors (Lipinski definition) is 0. The maximum absolute atomic E-state index is 10.8. The van der Waals surface area contributed by atoms with Crippen molar-refractivity contribution < 1.29 is 4.42 Å². The third-order valence-electron chi connectivity index (χ3n) is 11.4. The molecule has 0 saturated carbocycles. The molecule has 58 heavy (non-hydrogen) atoms. The molecule has 0 saturated heterocycles. The number of thiophene rings is 1. The summed E-state index contributed by atoms with van der Waals surface area (Å²) < 4.78 is 10.2. The SMILES string of the molecule is N#Cc1cc(N(c2csc3ccc(-c4ccccc4)cc23)c2cccc3c2oc2ccccc23)c(Cl)c(N2c3ccccc3-n3c4ccccc4c4cccc2c43)c1. The highest BCUT2D eigenvalue weighted by atomic mass is 35.5. The monoisotopic (exact) mass is 780 g/mol. The Morgan fingerprint density at radius 2 is 1.28 bits per heavy atom. The number of fused-ring (bicyclic) bond motifs is 9. The molecule has 1 aliphatic rings. The Bertz CT molecular complexity index is 3520. The van der Waals surface area contributed by atoms with Crippen LogP contribution in [-0.4, -0.2) is 4.57 Å². The molecule has 5 nitrogen and oxygen atoms in total. The highest BCUT2D eigenvalue weighted by Gasteiger charge is 2.32. The topological polar surface area (TPSA) is 48.3 Å². The Balaban J connectivity index is 1.16. The maximum Gasteiger partial charge on any atom is 0.159 e. The Hall–Kier alpha value is -7.30. The molecule has 272 valence electrons. The molecule has 0 N–H and O–H groups in total. The zero-order chi connectivity index (χ0) is 38.5. The first-order valence-electron chi connectivity index (χ1n) is 19.1. The number of rotatable bonds is 5. The molecule has 0 unspecified atom stereocenters. The second-order valence-electron chi connectivity index (χ2n) is 14.6. The summed E-state index contributed by atoms with van der Waals surface area (Å²) in [5.74, 6) is 0. The molecule has 11 aromatic rings. The standard InChI is InChI=1S/C51H29ClN4OS/c52-49-44(54-40-19-7-8-20-41(40)56-39-18-6-4-14-34(39)36-16-10-21-42(54)50(36)56)26-31(29-53)27-45(49)55(43-22-11-17-37-35-15-5-9-23-47(35)57-51(37)43)46-30-58-48-25-24-33(28-38(46)48)32-12-2-1-3-13-32/h1-28,30H. The van der Waals surface area contributed by atoms with Crippen molar-refractivity contribution in [1.82, 2.24) is 4.57 Å². The zero-order valence-corrected chi connectivity index (χ0v) is 32.3. The van der Waals surface area contributed by atoms with Gasteiger partial charge in [-0.25, -0.2) is 0 Å². The summed E-state index contributed by atoms with van der Waals surface area (Å²) in [6, 6.07) is 61.2. The first-order valence-corrected chi connectivity index (χ1v) is 20.3. The first kappa shape index (κ1) is 32.9. The van der Waals surface area contributed by atoms with Crippen molar-refractivity contribution in [3.05, 3.63) is 186 Å². The van der Waals surface area contributed by atoms with E-state index in [4.69, 9.17) is 16.0 Å². The second kappa shape index (κ2) is 12.6. The third-order valence-corrected chi connectivity index (χ3v) is 12.8. The van der Waals surface area contributed by atoms with E-state index in [1.165, 1.54) is 5.39 Å². The van der Waals surface area contributed by atoms with E-state index in [9.17, 15) is 5.26 Å². The van der Waals surface area contributed by atoms with Gasteiger partial charge in [0, 0.05) is 37.0 Å². The van der Waals surface area contributed by atoms with Crippen LogP contribution in [0.1, 0.15) is 5.56 Å². The minimum Gasteiger partial charge on any atom is -0.454 e. The molecule has 0 atom stereocenters. The summed E-state index contributed by atoms with van der Waals surface area (Å²) in [7, 11) is 0. The highest BCUT2D eigenvalue weighted by Crippen LogP contribution is 2.55. The fraction of sp³-hybridized carbons (Fsp3) is 0. The Kier molecular flexibility index (Phi) is 7.15. The molecule has 7 heteroatoms. The molecule has 8 aromatic carbocycles. The quantitative estimate of drug-likeness (QED) is 0.174. The van der Waals surface area contributed by atoms with Gasteiger partial charge in [-0.15, -0.1) is 11.3 Å². The van der Waals surface area contributed by atoms with Crippen molar-refractivity contribution >= 4 is 111 Å². The van der Waals surface area contributed by atoms with Crippen molar-refractivity contribution in [1.29, 1.82) is 5.26 Å². The first-order chi connectivity index (χ1) is 28.7. The van der Waals surface area contributed by atoms with Crippen molar-refractivity contribution in [3.8, 4) is 22.9 Å². The van der Waals surface area contributed by atoms with Gasteiger partial charge in [-0.2, -0.15) is 5.26 Å². The summed E-state index contributed by atoms with van der Waals surface area (Å²) in [6.07, 6.45) is 0. The summed E-state index contributed by atoms with van der Waals surface area (Å²) >= 11 is 9.60. The lowest BCUT2D eigenvalue weighted by atomic mass is 10.0. The fourth-order valence-electron chi connectivity index (χ4n) is 8.94. The van der Waals surface area contributed by atoms with E-state index < -0.39 is 0 Å². The molecule has 3 aromatic heterocycles. The number of halogens is 1. The van der Waals surface area contributed by atoms with Gasteiger partial charge in [0.05, 0.1) is 67.5 Å². The lowest BCUT2D eigenvalue weighted by Crippen LogP contribution is -2.19. The maximum atomic E-state index is 10.8. The second-order valence-corrected chi connectivity index (χ2v) is 15.9. The smallest absolute Gasteiger partial charge is 0.159 e. The average Bonchev–Trinajstić information content (AvgIpc) is 3.98. The Morgan fingerprint density at radius 1 is 0.552 bits per heavy atom. The van der Waals surface area contributed by atoms with Crippen LogP contribution in [0.25, 0.3) is 70.6 Å². The molecule has 4 heterocycles. The van der Waals surface area contributed by atoms with Crippen LogP contribution in [0, 0.1) is 11.3 Å². The minimum absolute atomic E-state index is 0.483. The highest BCUT2D eigenvalue weighted by molar-refractivity contribution is 7.17. The van der Waals surface area contributed by atoms with Crippen LogP contribution < -0.4 is 9.80 Å². The summed E-state index contributed by atoms with van der Waals surface area (Å²) in [5, 5.41) is 18.9. The Morgan fingerprint density at radius 3 is 2.16 bits per heavy atom. The number of aromatic nitrogens is 1. The predicted octanol–water partition coefficient (Wildman–Crippen LogP) is 15.3. The van der Waals surface area contributed by atoms with Crippen molar-refractivity contribution in [2.45, 2.75) is 0 Å². The number of nitriles is 1. The van der Waals surface area contributed by atoms with Gasteiger partial charge < -0.3 is 18.8 Å². The van der Waals surface area contributed by atoms with E-state index in [2.05, 4.69) is 159 Å². The van der Waals surface area contributed by atoms with Gasteiger partial charge in [-0.1, -0.05) is 121 Å². The molecule has 1 aliphatic heterocycles. The Labute approximate surface area is 342 Å². The average molecular weight is 781 g/mol. The lowest BCUT2D eigenvalue weighted by molar-refractivity contribution is 0.669. The van der Waals surface area contributed by atoms with Crippen molar-refractivity contribution in [2.24, 2.45) is 0 Å². The zero-order valence-electron chi connectivity index (χ0n) is 30.7. The van der Waals surface area contributed by atoms with Crippen LogP contribution in [0.4, 0.5) is 34.1 Å². The van der Waals surface area contributed by atoms with E-state index >= 15 is 0 Å². The van der Waals surface area contributed by atoms with Gasteiger partial charge in [0.2, 0.25) is 0 Å². The third kappa shape index (κ3) is 4.69. The largest absolute Gasteiger partial charge is 0.454 e. The predicted molar refractivity (Wildman–Crippen MR) is 242 cm³/mol. The van der Waals surface area contributed by atoms with Gasteiger partial charge in [0.15, 0.2) is 5.58 Å². The molecule has 0 aliphatic carbocycles. The van der Waals surface area contributed by atoms with Gasteiger partial charge in [-0.05, 0) is 71.8 Å². The lowest BCUT2D eigenvalue weighted by Gasteiger charge is -2.35. The van der Waals surface area contributed by atoms with Crippen molar-refractivity contribution in [3.63, 3.8) is 0 Å². The van der Waals surface area contributed by atoms with E-state index in [0.29, 0.717) is 22.0 Å². The summed E-state index contributed by atoms with van der Waals surface area (Å²) in [6.45, 7) is 0. The number of anilines is 6. The van der Waals surface area contributed by atoms with Crippen LogP contribution in [-0.2, 0) is 0 Å². The van der Waals surface area contributed by atoms with Crippen molar-refractivity contribution in [2.75, 3.05) is 9.80 Å². The van der Waals surface area contributed by atoms with Crippen LogP contribution in [0.15, 0.2) is 180 Å². The van der Waals surface area contributed by atoms with Crippen LogP contribution in [0.3, 0.4) is 0 Å². The molecule has 0 radical (unpaired) electrons. The van der Waals surface area contributed by atoms with E-state index in [0.717, 1.165) is 88.0 Å². The molecule has 0 spiro atoms. The van der Waals surface area contributed by atoms with Gasteiger partial charge in [-0.3, -0.25) is 0 Å². The number of furan rings is 1. The van der Waals surface area contributed by atoms with Gasteiger partial charge in [0.1, 0.15) is 5.58 Å².